The third-order valence-electron chi connectivity index (χ3n) is 1.52. The molecule has 0 fully saturated rings. The Hall–Kier alpha value is -1.29. The van der Waals surface area contributed by atoms with Crippen molar-refractivity contribution >= 4 is 0 Å². The second-order valence-corrected chi connectivity index (χ2v) is 2.27. The minimum Gasteiger partial charge on any atom is -0.505 e. The second-order valence-electron chi connectivity index (χ2n) is 2.27. The Bertz CT molecular complexity index is 257. The summed E-state index contributed by atoms with van der Waals surface area (Å²) in [6.45, 7) is -0.319. The van der Waals surface area contributed by atoms with Gasteiger partial charge >= 0.3 is 0 Å². The maximum absolute atomic E-state index is 12.7. The van der Waals surface area contributed by atoms with Crippen molar-refractivity contribution in [2.75, 3.05) is 7.11 Å². The fourth-order valence-corrected chi connectivity index (χ4v) is 0.897. The van der Waals surface area contributed by atoms with Crippen LogP contribution in [0.4, 0.5) is 4.39 Å². The highest BCUT2D eigenvalue weighted by atomic mass is 19.1. The van der Waals surface area contributed by atoms with E-state index in [4.69, 9.17) is 14.9 Å². The highest BCUT2D eigenvalue weighted by Crippen LogP contribution is 2.26. The first-order valence-corrected chi connectivity index (χ1v) is 3.35. The molecule has 0 radical (unpaired) electrons. The lowest BCUT2D eigenvalue weighted by molar-refractivity contribution is 0.272. The first-order chi connectivity index (χ1) is 5.69. The number of rotatable bonds is 2. The van der Waals surface area contributed by atoms with Gasteiger partial charge in [0.25, 0.3) is 0 Å². The number of phenolic OH excluding ortho intramolecular Hbond substituents is 1. The van der Waals surface area contributed by atoms with Crippen molar-refractivity contribution in [1.82, 2.24) is 0 Å². The molecule has 0 heterocycles. The van der Waals surface area contributed by atoms with Crippen molar-refractivity contribution in [3.63, 3.8) is 0 Å². The Balaban J connectivity index is 3.19. The average Bonchev–Trinajstić information content (AvgIpc) is 2.09. The summed E-state index contributed by atoms with van der Waals surface area (Å²) in [7, 11) is 1.38. The van der Waals surface area contributed by atoms with Gasteiger partial charge < -0.3 is 14.9 Å². The molecular formula is C8H9FO3. The predicted molar refractivity (Wildman–Crippen MR) is 40.5 cm³/mol. The Morgan fingerprint density at radius 3 is 2.67 bits per heavy atom. The summed E-state index contributed by atoms with van der Waals surface area (Å²) in [4.78, 5) is 0. The van der Waals surface area contributed by atoms with E-state index in [0.29, 0.717) is 5.56 Å². The van der Waals surface area contributed by atoms with Gasteiger partial charge in [-0.05, 0) is 6.07 Å². The van der Waals surface area contributed by atoms with Crippen molar-refractivity contribution in [2.24, 2.45) is 0 Å². The first kappa shape index (κ1) is 8.80. The van der Waals surface area contributed by atoms with Crippen molar-refractivity contribution in [1.29, 1.82) is 0 Å². The van der Waals surface area contributed by atoms with Crippen molar-refractivity contribution in [3.8, 4) is 11.5 Å². The van der Waals surface area contributed by atoms with Crippen LogP contribution in [0.25, 0.3) is 0 Å². The first-order valence-electron chi connectivity index (χ1n) is 3.35. The molecule has 0 amide bonds. The summed E-state index contributed by atoms with van der Waals surface area (Å²) in [5.74, 6) is -0.972. The Labute approximate surface area is 69.0 Å². The molecule has 0 atom stereocenters. The zero-order chi connectivity index (χ0) is 9.14. The molecule has 12 heavy (non-hydrogen) atoms. The molecule has 0 saturated carbocycles. The maximum atomic E-state index is 12.7. The normalized spacial score (nSPS) is 9.92. The van der Waals surface area contributed by atoms with Crippen LogP contribution in [0.3, 0.4) is 0 Å². The van der Waals surface area contributed by atoms with Gasteiger partial charge in [-0.15, -0.1) is 0 Å². The lowest BCUT2D eigenvalue weighted by Gasteiger charge is -2.06. The monoisotopic (exact) mass is 172 g/mol. The van der Waals surface area contributed by atoms with Gasteiger partial charge in [0, 0.05) is 11.6 Å². The summed E-state index contributed by atoms with van der Waals surface area (Å²) >= 11 is 0. The zero-order valence-corrected chi connectivity index (χ0v) is 6.54. The van der Waals surface area contributed by atoms with Crippen LogP contribution < -0.4 is 4.74 Å². The molecule has 0 unspecified atom stereocenters. The van der Waals surface area contributed by atoms with Crippen LogP contribution in [0, 0.1) is 5.82 Å². The van der Waals surface area contributed by atoms with Crippen LogP contribution in [0.2, 0.25) is 0 Å². The smallest absolute Gasteiger partial charge is 0.165 e. The second kappa shape index (κ2) is 3.40. The summed E-state index contributed by atoms with van der Waals surface area (Å²) < 4.78 is 17.5. The Morgan fingerprint density at radius 1 is 1.50 bits per heavy atom. The average molecular weight is 172 g/mol. The van der Waals surface area contributed by atoms with Gasteiger partial charge in [0.1, 0.15) is 5.75 Å². The largest absolute Gasteiger partial charge is 0.505 e. The molecule has 4 heteroatoms. The third-order valence-corrected chi connectivity index (χ3v) is 1.52. The quantitative estimate of drug-likeness (QED) is 0.700. The number of ether oxygens (including phenoxy) is 1. The summed E-state index contributed by atoms with van der Waals surface area (Å²) in [5.41, 5.74) is 0.313. The summed E-state index contributed by atoms with van der Waals surface area (Å²) in [5, 5.41) is 17.7. The molecule has 2 N–H and O–H groups in total. The molecule has 0 aliphatic carbocycles. The molecule has 0 bridgehead atoms. The van der Waals surface area contributed by atoms with Gasteiger partial charge in [0.05, 0.1) is 13.7 Å². The van der Waals surface area contributed by atoms with Crippen LogP contribution in [0.5, 0.6) is 11.5 Å². The zero-order valence-electron chi connectivity index (χ0n) is 6.54. The molecule has 0 aliphatic rings. The number of benzene rings is 1. The van der Waals surface area contributed by atoms with Crippen LogP contribution in [-0.4, -0.2) is 17.3 Å². The van der Waals surface area contributed by atoms with Crippen LogP contribution >= 0.6 is 0 Å². The number of aliphatic hydroxyl groups excluding tert-OH is 1. The Morgan fingerprint density at radius 2 is 2.17 bits per heavy atom. The van der Waals surface area contributed by atoms with Crippen molar-refractivity contribution < 1.29 is 19.3 Å². The summed E-state index contributed by atoms with van der Waals surface area (Å²) in [6, 6.07) is 2.16. The van der Waals surface area contributed by atoms with E-state index in [9.17, 15) is 4.39 Å². The summed E-state index contributed by atoms with van der Waals surface area (Å²) in [6.07, 6.45) is 0. The molecule has 1 aromatic carbocycles. The number of hydrogen-bond donors (Lipinski definition) is 2. The molecule has 0 aliphatic heterocycles. The van der Waals surface area contributed by atoms with E-state index >= 15 is 0 Å². The van der Waals surface area contributed by atoms with Gasteiger partial charge in [-0.3, -0.25) is 0 Å². The molecule has 0 saturated heterocycles. The van der Waals surface area contributed by atoms with E-state index in [1.54, 1.807) is 0 Å². The molecule has 3 nitrogen and oxygen atoms in total. The minimum absolute atomic E-state index is 0.274. The fraction of sp³-hybridized carbons (Fsp3) is 0.250. The minimum atomic E-state index is -0.764. The van der Waals surface area contributed by atoms with E-state index in [2.05, 4.69) is 0 Å². The maximum Gasteiger partial charge on any atom is 0.165 e. The number of methoxy groups -OCH3 is 1. The van der Waals surface area contributed by atoms with E-state index in [-0.39, 0.29) is 12.4 Å². The number of halogens is 1. The lowest BCUT2D eigenvalue weighted by atomic mass is 10.2. The molecule has 66 valence electrons. The van der Waals surface area contributed by atoms with Crippen molar-refractivity contribution in [2.45, 2.75) is 6.61 Å². The van der Waals surface area contributed by atoms with E-state index in [1.807, 2.05) is 0 Å². The van der Waals surface area contributed by atoms with Crippen molar-refractivity contribution in [3.05, 3.63) is 23.5 Å². The standard InChI is InChI=1S/C8H9FO3/c1-12-8-3-7(11)6(9)2-5(8)4-10/h2-3,10-11H,4H2,1H3. The Kier molecular flexibility index (Phi) is 2.50. The van der Waals surface area contributed by atoms with Gasteiger partial charge in [0.2, 0.25) is 0 Å². The number of aliphatic hydroxyl groups is 1. The van der Waals surface area contributed by atoms with E-state index in [1.165, 1.54) is 7.11 Å². The lowest BCUT2D eigenvalue weighted by Crippen LogP contribution is -1.93. The third kappa shape index (κ3) is 1.48. The number of aromatic hydroxyl groups is 1. The molecule has 0 spiro atoms. The van der Waals surface area contributed by atoms with Crippen LogP contribution in [0.1, 0.15) is 5.56 Å². The van der Waals surface area contributed by atoms with Crippen LogP contribution in [0.15, 0.2) is 12.1 Å². The van der Waals surface area contributed by atoms with Gasteiger partial charge in [-0.25, -0.2) is 4.39 Å². The van der Waals surface area contributed by atoms with Crippen LogP contribution in [-0.2, 0) is 6.61 Å². The van der Waals surface area contributed by atoms with E-state index < -0.39 is 11.6 Å². The SMILES string of the molecule is COc1cc(O)c(F)cc1CO. The highest BCUT2D eigenvalue weighted by Gasteiger charge is 2.07. The number of phenols is 1. The highest BCUT2D eigenvalue weighted by molar-refractivity contribution is 5.40. The molecule has 0 aromatic heterocycles. The van der Waals surface area contributed by atoms with Gasteiger partial charge in [-0.1, -0.05) is 0 Å². The van der Waals surface area contributed by atoms with Gasteiger partial charge in [-0.2, -0.15) is 0 Å². The molecular weight excluding hydrogens is 163 g/mol. The van der Waals surface area contributed by atoms with Gasteiger partial charge in [0.15, 0.2) is 11.6 Å². The molecule has 1 aromatic rings. The van der Waals surface area contributed by atoms with E-state index in [0.717, 1.165) is 12.1 Å². The fourth-order valence-electron chi connectivity index (χ4n) is 0.897. The topological polar surface area (TPSA) is 49.7 Å². The molecule has 1 rings (SSSR count). The predicted octanol–water partition coefficient (Wildman–Crippen LogP) is 1.03. The number of hydrogen-bond acceptors (Lipinski definition) is 3.